The monoisotopic (exact) mass is 568 g/mol. The number of phenols is 1. The van der Waals surface area contributed by atoms with E-state index in [9.17, 15) is 13.9 Å². The van der Waals surface area contributed by atoms with Crippen molar-refractivity contribution in [3.05, 3.63) is 35.5 Å². The van der Waals surface area contributed by atoms with Gasteiger partial charge in [-0.3, -0.25) is 9.88 Å². The summed E-state index contributed by atoms with van der Waals surface area (Å²) in [7, 11) is 0. The lowest BCUT2D eigenvalue weighted by Crippen LogP contribution is -2.51. The number of fused-ring (bicyclic) bond motifs is 4. The molecule has 0 saturated carbocycles. The van der Waals surface area contributed by atoms with Gasteiger partial charge in [-0.2, -0.15) is 9.97 Å². The molecule has 218 valence electrons. The zero-order valence-corrected chi connectivity index (χ0v) is 23.3. The number of hydrogen-bond donors (Lipinski definition) is 2. The van der Waals surface area contributed by atoms with E-state index < -0.39 is 23.3 Å². The third-order valence-electron chi connectivity index (χ3n) is 9.34. The minimum Gasteiger partial charge on any atom is -0.508 e. The summed E-state index contributed by atoms with van der Waals surface area (Å²) in [6.45, 7) is 6.49. The highest BCUT2D eigenvalue weighted by Gasteiger charge is 2.49. The van der Waals surface area contributed by atoms with Crippen LogP contribution in [-0.2, 0) is 0 Å². The van der Waals surface area contributed by atoms with Crippen molar-refractivity contribution in [1.29, 1.82) is 0 Å². The fraction of sp³-hybridized carbons (Fsp3) is 0.567. The molecule has 0 aliphatic carbocycles. The molecule has 4 fully saturated rings. The van der Waals surface area contributed by atoms with Crippen molar-refractivity contribution in [2.45, 2.75) is 75.7 Å². The molecular weight excluding hydrogens is 533 g/mol. The van der Waals surface area contributed by atoms with E-state index in [4.69, 9.17) is 9.72 Å². The minimum atomic E-state index is -0.896. The Kier molecular flexibility index (Phi) is 6.50. The molecule has 2 aromatic heterocycles. The smallest absolute Gasteiger partial charge is 0.319 e. The van der Waals surface area contributed by atoms with Gasteiger partial charge < -0.3 is 20.1 Å². The van der Waals surface area contributed by atoms with Gasteiger partial charge in [-0.25, -0.2) is 13.2 Å². The molecule has 3 aromatic rings. The van der Waals surface area contributed by atoms with E-state index in [1.807, 2.05) is 0 Å². The van der Waals surface area contributed by atoms with E-state index in [0.717, 1.165) is 38.3 Å². The van der Waals surface area contributed by atoms with Crippen molar-refractivity contribution in [3.8, 4) is 23.0 Å². The van der Waals surface area contributed by atoms with Gasteiger partial charge in [0.15, 0.2) is 5.82 Å². The van der Waals surface area contributed by atoms with Crippen molar-refractivity contribution in [2.75, 3.05) is 37.7 Å². The average molecular weight is 569 g/mol. The van der Waals surface area contributed by atoms with Gasteiger partial charge in [-0.15, -0.1) is 0 Å². The first kappa shape index (κ1) is 26.7. The molecule has 4 aliphatic heterocycles. The highest BCUT2D eigenvalue weighted by atomic mass is 19.1. The summed E-state index contributed by atoms with van der Waals surface area (Å²) >= 11 is 0. The number of pyridine rings is 1. The maximum absolute atomic E-state index is 16.5. The minimum absolute atomic E-state index is 0.0231. The average Bonchev–Trinajstić information content (AvgIpc) is 3.57. The van der Waals surface area contributed by atoms with Gasteiger partial charge >= 0.3 is 6.01 Å². The number of phenolic OH excluding ortho intramolecular Hbond substituents is 1. The zero-order valence-electron chi connectivity index (χ0n) is 23.3. The fourth-order valence-corrected chi connectivity index (χ4v) is 7.52. The number of halogens is 3. The number of nitrogens with zero attached hydrogens (tertiary/aromatic N) is 5. The first-order valence-corrected chi connectivity index (χ1v) is 14.6. The van der Waals surface area contributed by atoms with Crippen LogP contribution in [-0.4, -0.2) is 81.5 Å². The van der Waals surface area contributed by atoms with Crippen molar-refractivity contribution in [1.82, 2.24) is 25.2 Å². The summed E-state index contributed by atoms with van der Waals surface area (Å²) in [5.41, 5.74) is -0.0293. The molecule has 0 spiro atoms. The number of aromatic nitrogens is 3. The number of benzene rings is 1. The standard InChI is InChI=1S/C30H35F3N6O2/c1-16(2)24-21(8-20(40)9-23(24)32)26-25(33)27-22(11-34-26)28(38-13-18-4-5-19(14-38)35-18)37-29(36-27)41-15-30-6-3-7-39(30)12-17(31)10-30/h8-9,11,16-19,35,40H,3-7,10,12-15H2,1-2H3/t17-,18-,19+,30+/m1/s1. The second-order valence-electron chi connectivity index (χ2n) is 12.5. The SMILES string of the molecule is CC(C)c1c(F)cc(O)cc1-c1ncc2c(N3C[C@H]4CC[C@@H](C3)N4)nc(OC[C@@]34CCCN3C[C@H](F)C4)nc2c1F. The van der Waals surface area contributed by atoms with Gasteiger partial charge in [0.2, 0.25) is 0 Å². The van der Waals surface area contributed by atoms with Crippen LogP contribution in [0.2, 0.25) is 0 Å². The number of aromatic hydroxyl groups is 1. The van der Waals surface area contributed by atoms with Crippen LogP contribution in [0.15, 0.2) is 18.3 Å². The number of piperazine rings is 1. The molecule has 11 heteroatoms. The number of alkyl halides is 1. The van der Waals surface area contributed by atoms with Crippen molar-refractivity contribution in [3.63, 3.8) is 0 Å². The largest absolute Gasteiger partial charge is 0.508 e. The van der Waals surface area contributed by atoms with Gasteiger partial charge in [0.1, 0.15) is 41.4 Å². The van der Waals surface area contributed by atoms with E-state index in [-0.39, 0.29) is 46.6 Å². The van der Waals surface area contributed by atoms with Crippen molar-refractivity contribution < 1.29 is 23.0 Å². The summed E-state index contributed by atoms with van der Waals surface area (Å²) in [4.78, 5) is 18.0. The molecule has 0 amide bonds. The first-order chi connectivity index (χ1) is 19.7. The molecular formula is C30H35F3N6O2. The van der Waals surface area contributed by atoms with Crippen LogP contribution >= 0.6 is 0 Å². The van der Waals surface area contributed by atoms with Crippen LogP contribution in [0.3, 0.4) is 0 Å². The lowest BCUT2D eigenvalue weighted by atomic mass is 9.93. The van der Waals surface area contributed by atoms with Crippen LogP contribution < -0.4 is 15.0 Å². The molecule has 8 nitrogen and oxygen atoms in total. The van der Waals surface area contributed by atoms with Gasteiger partial charge in [0.05, 0.1) is 10.9 Å². The van der Waals surface area contributed by atoms with Crippen LogP contribution in [0, 0.1) is 11.6 Å². The second-order valence-corrected chi connectivity index (χ2v) is 12.5. The molecule has 7 rings (SSSR count). The van der Waals surface area contributed by atoms with Crippen molar-refractivity contribution >= 4 is 16.7 Å². The summed E-state index contributed by atoms with van der Waals surface area (Å²) in [5, 5.41) is 14.2. The number of ether oxygens (including phenoxy) is 1. The van der Waals surface area contributed by atoms with Crippen LogP contribution in [0.1, 0.15) is 57.4 Å². The van der Waals surface area contributed by atoms with E-state index in [1.54, 1.807) is 13.8 Å². The molecule has 4 saturated heterocycles. The molecule has 0 unspecified atom stereocenters. The number of nitrogens with one attached hydrogen (secondary N) is 1. The van der Waals surface area contributed by atoms with Gasteiger partial charge in [-0.1, -0.05) is 13.8 Å². The Hall–Kier alpha value is -3.18. The Labute approximate surface area is 236 Å². The topological polar surface area (TPSA) is 86.6 Å². The van der Waals surface area contributed by atoms with E-state index >= 15 is 4.39 Å². The molecule has 6 heterocycles. The maximum atomic E-state index is 16.5. The van der Waals surface area contributed by atoms with Gasteiger partial charge in [0, 0.05) is 61.5 Å². The quantitative estimate of drug-likeness (QED) is 0.443. The number of rotatable bonds is 6. The fourth-order valence-electron chi connectivity index (χ4n) is 7.52. The lowest BCUT2D eigenvalue weighted by molar-refractivity contribution is 0.107. The Bertz CT molecular complexity index is 1490. The van der Waals surface area contributed by atoms with Crippen LogP contribution in [0.5, 0.6) is 11.8 Å². The third kappa shape index (κ3) is 4.57. The predicted octanol–water partition coefficient (Wildman–Crippen LogP) is 4.69. The molecule has 4 aliphatic rings. The Morgan fingerprint density at radius 3 is 2.68 bits per heavy atom. The zero-order chi connectivity index (χ0) is 28.5. The molecule has 0 radical (unpaired) electrons. The third-order valence-corrected chi connectivity index (χ3v) is 9.34. The molecule has 1 aromatic carbocycles. The van der Waals surface area contributed by atoms with Crippen LogP contribution in [0.25, 0.3) is 22.2 Å². The second kappa shape index (κ2) is 9.97. The van der Waals surface area contributed by atoms with Gasteiger partial charge in [0.25, 0.3) is 0 Å². The number of hydrogen-bond acceptors (Lipinski definition) is 8. The normalized spacial score (nSPS) is 27.8. The Balaban J connectivity index is 1.34. The van der Waals surface area contributed by atoms with Gasteiger partial charge in [-0.05, 0) is 44.2 Å². The van der Waals surface area contributed by atoms with E-state index in [1.165, 1.54) is 12.3 Å². The van der Waals surface area contributed by atoms with E-state index in [2.05, 4.69) is 25.1 Å². The molecule has 41 heavy (non-hydrogen) atoms. The van der Waals surface area contributed by atoms with Crippen molar-refractivity contribution in [2.24, 2.45) is 0 Å². The lowest BCUT2D eigenvalue weighted by Gasteiger charge is -2.34. The molecule has 4 atom stereocenters. The summed E-state index contributed by atoms with van der Waals surface area (Å²) in [6.07, 6.45) is 4.97. The first-order valence-electron chi connectivity index (χ1n) is 14.6. The molecule has 2 bridgehead atoms. The Morgan fingerprint density at radius 2 is 1.93 bits per heavy atom. The highest BCUT2D eigenvalue weighted by Crippen LogP contribution is 2.41. The number of anilines is 1. The van der Waals surface area contributed by atoms with Crippen LogP contribution in [0.4, 0.5) is 19.0 Å². The summed E-state index contributed by atoms with van der Waals surface area (Å²) in [6, 6.07) is 3.03. The summed E-state index contributed by atoms with van der Waals surface area (Å²) < 4.78 is 52.0. The highest BCUT2D eigenvalue weighted by molar-refractivity contribution is 5.92. The van der Waals surface area contributed by atoms with E-state index in [0.29, 0.717) is 49.3 Å². The summed E-state index contributed by atoms with van der Waals surface area (Å²) in [5.74, 6) is -1.40. The predicted molar refractivity (Wildman–Crippen MR) is 149 cm³/mol. The maximum Gasteiger partial charge on any atom is 0.319 e. The molecule has 2 N–H and O–H groups in total. The Morgan fingerprint density at radius 1 is 1.15 bits per heavy atom.